The molecule has 0 aromatic heterocycles. The molecule has 0 bridgehead atoms. The molecular formula is C31H49NO3. The number of allylic oxidation sites excluding steroid dienone is 2. The topological polar surface area (TPSA) is 46.6 Å². The number of esters is 1. The summed E-state index contributed by atoms with van der Waals surface area (Å²) in [6.07, 6.45) is 14.8. The molecule has 0 unspecified atom stereocenters. The van der Waals surface area contributed by atoms with E-state index in [2.05, 4.69) is 38.7 Å². The quantitative estimate of drug-likeness (QED) is 0.415. The predicted octanol–water partition coefficient (Wildman–Crippen LogP) is 6.58. The van der Waals surface area contributed by atoms with Gasteiger partial charge in [-0.1, -0.05) is 33.8 Å². The first-order chi connectivity index (χ1) is 16.5. The predicted molar refractivity (Wildman–Crippen MR) is 140 cm³/mol. The summed E-state index contributed by atoms with van der Waals surface area (Å²) in [5.41, 5.74) is 1.96. The largest absolute Gasteiger partial charge is 0.462 e. The maximum Gasteiger partial charge on any atom is 0.307 e. The van der Waals surface area contributed by atoms with E-state index < -0.39 is 0 Å². The molecule has 7 atom stereocenters. The monoisotopic (exact) mass is 483 g/mol. The molecule has 4 nitrogen and oxygen atoms in total. The summed E-state index contributed by atoms with van der Waals surface area (Å²) in [6.45, 7) is 14.4. The van der Waals surface area contributed by atoms with Crippen molar-refractivity contribution in [1.29, 1.82) is 0 Å². The Balaban J connectivity index is 1.16. The van der Waals surface area contributed by atoms with Gasteiger partial charge in [0, 0.05) is 13.1 Å². The van der Waals surface area contributed by atoms with E-state index in [-0.39, 0.29) is 17.5 Å². The highest BCUT2D eigenvalue weighted by atomic mass is 16.5. The molecule has 0 amide bonds. The average molecular weight is 484 g/mol. The van der Waals surface area contributed by atoms with E-state index in [1.165, 1.54) is 38.5 Å². The van der Waals surface area contributed by atoms with Gasteiger partial charge in [-0.05, 0) is 123 Å². The third-order valence-electron chi connectivity index (χ3n) is 11.5. The lowest BCUT2D eigenvalue weighted by Gasteiger charge is -2.60. The van der Waals surface area contributed by atoms with Crippen molar-refractivity contribution >= 4 is 11.8 Å². The fourth-order valence-electron chi connectivity index (χ4n) is 9.67. The highest BCUT2D eigenvalue weighted by Gasteiger charge is 2.59. The number of hydrogen-bond donors (Lipinski definition) is 0. The Hall–Kier alpha value is -1.16. The number of piperidine rings is 1. The molecule has 3 saturated carbocycles. The van der Waals surface area contributed by atoms with E-state index in [9.17, 15) is 9.59 Å². The Kier molecular flexibility index (Phi) is 6.77. The van der Waals surface area contributed by atoms with E-state index in [0.717, 1.165) is 62.7 Å². The van der Waals surface area contributed by atoms with Crippen molar-refractivity contribution in [3.05, 3.63) is 11.6 Å². The van der Waals surface area contributed by atoms with Gasteiger partial charge in [-0.15, -0.1) is 0 Å². The van der Waals surface area contributed by atoms with E-state index in [1.54, 1.807) is 6.92 Å². The lowest BCUT2D eigenvalue weighted by molar-refractivity contribution is -0.161. The van der Waals surface area contributed by atoms with Crippen molar-refractivity contribution in [3.8, 4) is 0 Å². The zero-order valence-corrected chi connectivity index (χ0v) is 23.0. The molecule has 0 N–H and O–H groups in total. The molecule has 4 aliphatic carbocycles. The first kappa shape index (κ1) is 25.5. The van der Waals surface area contributed by atoms with Gasteiger partial charge in [0.1, 0.15) is 6.10 Å². The third kappa shape index (κ3) is 4.66. The fraction of sp³-hybridized carbons (Fsp3) is 0.871. The lowest BCUT2D eigenvalue weighted by Crippen LogP contribution is -2.54. The second-order valence-corrected chi connectivity index (χ2v) is 14.2. The van der Waals surface area contributed by atoms with Crippen LogP contribution in [0.4, 0.5) is 0 Å². The summed E-state index contributed by atoms with van der Waals surface area (Å²) < 4.78 is 6.08. The molecule has 0 spiro atoms. The van der Waals surface area contributed by atoms with E-state index in [1.807, 2.05) is 0 Å². The molecular weight excluding hydrogens is 434 g/mol. The molecule has 1 aliphatic heterocycles. The summed E-state index contributed by atoms with van der Waals surface area (Å²) >= 11 is 0. The van der Waals surface area contributed by atoms with Crippen LogP contribution in [0.2, 0.25) is 0 Å². The van der Waals surface area contributed by atoms with Gasteiger partial charge in [0.05, 0.1) is 6.42 Å². The Labute approximate surface area is 213 Å². The minimum atomic E-state index is 0.0119. The second kappa shape index (κ2) is 9.30. The summed E-state index contributed by atoms with van der Waals surface area (Å²) in [4.78, 5) is 27.5. The number of fused-ring (bicyclic) bond motifs is 5. The van der Waals surface area contributed by atoms with Gasteiger partial charge in [-0.3, -0.25) is 9.59 Å². The van der Waals surface area contributed by atoms with Crippen LogP contribution in [-0.4, -0.2) is 42.4 Å². The van der Waals surface area contributed by atoms with E-state index in [0.29, 0.717) is 34.9 Å². The molecule has 1 heterocycles. The molecule has 35 heavy (non-hydrogen) atoms. The van der Waals surface area contributed by atoms with Crippen molar-refractivity contribution in [2.24, 2.45) is 39.9 Å². The van der Waals surface area contributed by atoms with Crippen molar-refractivity contribution in [2.45, 2.75) is 111 Å². The highest BCUT2D eigenvalue weighted by Crippen LogP contribution is 2.66. The summed E-state index contributed by atoms with van der Waals surface area (Å²) in [5, 5.41) is 0. The van der Waals surface area contributed by atoms with E-state index in [4.69, 9.17) is 4.74 Å². The van der Waals surface area contributed by atoms with Gasteiger partial charge in [0.15, 0.2) is 5.78 Å². The average Bonchev–Trinajstić information content (AvgIpc) is 3.15. The van der Waals surface area contributed by atoms with Gasteiger partial charge in [0.2, 0.25) is 0 Å². The number of hydrogen-bond acceptors (Lipinski definition) is 4. The lowest BCUT2D eigenvalue weighted by atomic mass is 9.44. The number of nitrogens with zero attached hydrogens (tertiary/aromatic N) is 1. The second-order valence-electron chi connectivity index (χ2n) is 14.2. The maximum atomic E-state index is 12.7. The zero-order chi connectivity index (χ0) is 25.0. The van der Waals surface area contributed by atoms with Crippen molar-refractivity contribution < 1.29 is 14.3 Å². The van der Waals surface area contributed by atoms with Crippen LogP contribution in [0.3, 0.4) is 0 Å². The number of carbonyl (C=O) groups is 2. The standard InChI is InChI=1S/C31H49NO3/c1-21(33)25-9-10-26-24-8-7-22-19-23(11-15-30(22,4)27(24)12-16-31(25,26)5)35-28(34)13-18-32-17-6-14-29(2,3)20-32/h9,22-24,26-27H,6-8,10-20H2,1-5H3/t22-,23-,24-,26+,27-,30-,31+/m0/s1. The third-order valence-corrected chi connectivity index (χ3v) is 11.5. The van der Waals surface area contributed by atoms with Gasteiger partial charge < -0.3 is 9.64 Å². The minimum Gasteiger partial charge on any atom is -0.462 e. The Morgan fingerprint density at radius 1 is 1.03 bits per heavy atom. The Bertz CT molecular complexity index is 876. The molecule has 5 rings (SSSR count). The smallest absolute Gasteiger partial charge is 0.307 e. The van der Waals surface area contributed by atoms with Gasteiger partial charge in [-0.2, -0.15) is 0 Å². The number of ketones is 1. The minimum absolute atomic E-state index is 0.0119. The van der Waals surface area contributed by atoms with Gasteiger partial charge in [0.25, 0.3) is 0 Å². The van der Waals surface area contributed by atoms with Crippen LogP contribution in [0.1, 0.15) is 105 Å². The van der Waals surface area contributed by atoms with Crippen LogP contribution < -0.4 is 0 Å². The number of likely N-dealkylation sites (tertiary alicyclic amines) is 1. The molecule has 0 radical (unpaired) electrons. The van der Waals surface area contributed by atoms with Crippen molar-refractivity contribution in [2.75, 3.05) is 19.6 Å². The molecule has 4 heteroatoms. The number of ether oxygens (including phenoxy) is 1. The van der Waals surface area contributed by atoms with Crippen LogP contribution in [0.5, 0.6) is 0 Å². The summed E-state index contributed by atoms with van der Waals surface area (Å²) in [7, 11) is 0. The molecule has 1 saturated heterocycles. The molecule has 196 valence electrons. The summed E-state index contributed by atoms with van der Waals surface area (Å²) in [5.74, 6) is 3.13. The fourth-order valence-corrected chi connectivity index (χ4v) is 9.67. The molecule has 0 aromatic carbocycles. The zero-order valence-electron chi connectivity index (χ0n) is 23.0. The van der Waals surface area contributed by atoms with E-state index >= 15 is 0 Å². The first-order valence-corrected chi connectivity index (χ1v) is 14.7. The summed E-state index contributed by atoms with van der Waals surface area (Å²) in [6, 6.07) is 0. The maximum absolute atomic E-state index is 12.7. The SMILES string of the molecule is CC(=O)C1=CC[C@@H]2[C@@H]3CC[C@H]4C[C@@H](OC(=O)CCN5CCCC(C)(C)C5)CC[C@]4(C)[C@H]3CC[C@]12C. The Morgan fingerprint density at radius 3 is 2.57 bits per heavy atom. The van der Waals surface area contributed by atoms with Crippen molar-refractivity contribution in [3.63, 3.8) is 0 Å². The van der Waals surface area contributed by atoms with Gasteiger partial charge in [-0.25, -0.2) is 0 Å². The van der Waals surface area contributed by atoms with Crippen LogP contribution in [-0.2, 0) is 14.3 Å². The molecule has 5 aliphatic rings. The number of Topliss-reactive ketones (excluding diaryl/α,β-unsaturated/α-hetero) is 1. The molecule has 0 aromatic rings. The van der Waals surface area contributed by atoms with Crippen LogP contribution >= 0.6 is 0 Å². The van der Waals surface area contributed by atoms with Crippen LogP contribution in [0, 0.1) is 39.9 Å². The normalized spacial score (nSPS) is 42.9. The molecule has 4 fully saturated rings. The van der Waals surface area contributed by atoms with Gasteiger partial charge >= 0.3 is 5.97 Å². The van der Waals surface area contributed by atoms with Crippen LogP contribution in [0.25, 0.3) is 0 Å². The number of rotatable bonds is 5. The van der Waals surface area contributed by atoms with Crippen LogP contribution in [0.15, 0.2) is 11.6 Å². The highest BCUT2D eigenvalue weighted by molar-refractivity contribution is 5.95. The first-order valence-electron chi connectivity index (χ1n) is 14.7. The Morgan fingerprint density at radius 2 is 1.83 bits per heavy atom. The van der Waals surface area contributed by atoms with Crippen molar-refractivity contribution in [1.82, 2.24) is 4.90 Å². The number of carbonyl (C=O) groups excluding carboxylic acids is 2.